The zero-order valence-corrected chi connectivity index (χ0v) is 13.1. The molecule has 0 N–H and O–H groups in total. The van der Waals surface area contributed by atoms with E-state index < -0.39 is 11.6 Å². The summed E-state index contributed by atoms with van der Waals surface area (Å²) in [6.07, 6.45) is 4.71. The molecular weight excluding hydrogens is 298 g/mol. The average Bonchev–Trinajstić information content (AvgIpc) is 2.55. The molecule has 0 heterocycles. The van der Waals surface area contributed by atoms with Crippen molar-refractivity contribution in [2.45, 2.75) is 19.8 Å². The third-order valence-electron chi connectivity index (χ3n) is 3.27. The maximum Gasteiger partial charge on any atom is 0.138 e. The number of aryl methyl sites for hydroxylation is 1. The molecule has 0 aliphatic heterocycles. The van der Waals surface area contributed by atoms with Crippen LogP contribution in [0.5, 0.6) is 5.75 Å². The Morgan fingerprint density at radius 2 is 1.61 bits per heavy atom. The zero-order valence-electron chi connectivity index (χ0n) is 13.1. The normalized spacial score (nSPS) is 11.5. The van der Waals surface area contributed by atoms with Crippen LogP contribution in [0.25, 0.3) is 0 Å². The number of halogens is 2. The van der Waals surface area contributed by atoms with Gasteiger partial charge in [0.05, 0.1) is 25.1 Å². The molecule has 0 unspecified atom stereocenters. The van der Waals surface area contributed by atoms with Crippen molar-refractivity contribution in [3.05, 3.63) is 64.7 Å². The Labute approximate surface area is 134 Å². The molecule has 5 heteroatoms. The lowest BCUT2D eigenvalue weighted by atomic mass is 10.1. The highest BCUT2D eigenvalue weighted by molar-refractivity contribution is 5.83. The first-order valence-corrected chi connectivity index (χ1v) is 7.32. The molecule has 2 aromatic carbocycles. The standard InChI is InChI=1S/C18H18F2N2O/c1-3-4-13-5-7-14(8-6-13)11-21-22-12-16-17(19)9-15(23-2)10-18(16)20/h5-12H,3-4H2,1-2H3. The minimum Gasteiger partial charge on any atom is -0.497 e. The van der Waals surface area contributed by atoms with Crippen molar-refractivity contribution in [2.24, 2.45) is 10.2 Å². The molecule has 0 saturated heterocycles. The molecule has 0 saturated carbocycles. The van der Waals surface area contributed by atoms with Crippen molar-refractivity contribution in [1.29, 1.82) is 0 Å². The lowest BCUT2D eigenvalue weighted by Gasteiger charge is -2.02. The van der Waals surface area contributed by atoms with Gasteiger partial charge in [0.15, 0.2) is 0 Å². The van der Waals surface area contributed by atoms with E-state index in [1.807, 2.05) is 24.3 Å². The number of nitrogens with zero attached hydrogens (tertiary/aromatic N) is 2. The summed E-state index contributed by atoms with van der Waals surface area (Å²) in [6, 6.07) is 10.1. The summed E-state index contributed by atoms with van der Waals surface area (Å²) in [6.45, 7) is 2.13. The molecule has 2 rings (SSSR count). The van der Waals surface area contributed by atoms with Gasteiger partial charge in [0.2, 0.25) is 0 Å². The summed E-state index contributed by atoms with van der Waals surface area (Å²) in [7, 11) is 1.35. The van der Waals surface area contributed by atoms with Gasteiger partial charge in [-0.15, -0.1) is 0 Å². The summed E-state index contributed by atoms with van der Waals surface area (Å²) in [4.78, 5) is 0. The van der Waals surface area contributed by atoms with Gasteiger partial charge in [-0.3, -0.25) is 0 Å². The topological polar surface area (TPSA) is 34.0 Å². The highest BCUT2D eigenvalue weighted by Crippen LogP contribution is 2.19. The van der Waals surface area contributed by atoms with Crippen molar-refractivity contribution in [1.82, 2.24) is 0 Å². The van der Waals surface area contributed by atoms with Gasteiger partial charge < -0.3 is 4.74 Å². The van der Waals surface area contributed by atoms with Crippen LogP contribution >= 0.6 is 0 Å². The first-order chi connectivity index (χ1) is 11.1. The van der Waals surface area contributed by atoms with Crippen LogP contribution in [0, 0.1) is 11.6 Å². The number of benzene rings is 2. The molecule has 0 aliphatic carbocycles. The van der Waals surface area contributed by atoms with E-state index in [9.17, 15) is 8.78 Å². The van der Waals surface area contributed by atoms with Gasteiger partial charge in [0.1, 0.15) is 17.4 Å². The van der Waals surface area contributed by atoms with E-state index in [-0.39, 0.29) is 11.3 Å². The van der Waals surface area contributed by atoms with E-state index in [0.29, 0.717) is 0 Å². The van der Waals surface area contributed by atoms with Gasteiger partial charge in [-0.25, -0.2) is 8.78 Å². The average molecular weight is 316 g/mol. The van der Waals surface area contributed by atoms with Gasteiger partial charge in [0.25, 0.3) is 0 Å². The fourth-order valence-electron chi connectivity index (χ4n) is 2.05. The van der Waals surface area contributed by atoms with Crippen molar-refractivity contribution >= 4 is 12.4 Å². The first-order valence-electron chi connectivity index (χ1n) is 7.32. The van der Waals surface area contributed by atoms with Gasteiger partial charge >= 0.3 is 0 Å². The van der Waals surface area contributed by atoms with Crippen LogP contribution in [0.4, 0.5) is 8.78 Å². The second-order valence-electron chi connectivity index (χ2n) is 4.99. The summed E-state index contributed by atoms with van der Waals surface area (Å²) in [5.41, 5.74) is 1.88. The van der Waals surface area contributed by atoms with Crippen molar-refractivity contribution in [2.75, 3.05) is 7.11 Å². The fraction of sp³-hybridized carbons (Fsp3) is 0.222. The van der Waals surface area contributed by atoms with Crippen LogP contribution in [-0.2, 0) is 6.42 Å². The molecule has 120 valence electrons. The second-order valence-corrected chi connectivity index (χ2v) is 4.99. The maximum absolute atomic E-state index is 13.7. The largest absolute Gasteiger partial charge is 0.497 e. The predicted octanol–water partition coefficient (Wildman–Crippen LogP) is 4.38. The predicted molar refractivity (Wildman–Crippen MR) is 88.5 cm³/mol. The highest BCUT2D eigenvalue weighted by atomic mass is 19.1. The molecule has 2 aromatic rings. The first kappa shape index (κ1) is 16.8. The second kappa shape index (κ2) is 8.17. The fourth-order valence-corrected chi connectivity index (χ4v) is 2.05. The molecule has 0 radical (unpaired) electrons. The molecule has 0 atom stereocenters. The smallest absolute Gasteiger partial charge is 0.138 e. The van der Waals surface area contributed by atoms with Gasteiger partial charge in [-0.1, -0.05) is 37.6 Å². The van der Waals surface area contributed by atoms with E-state index >= 15 is 0 Å². The van der Waals surface area contributed by atoms with Crippen LogP contribution < -0.4 is 4.74 Å². The number of methoxy groups -OCH3 is 1. The summed E-state index contributed by atoms with van der Waals surface area (Å²) in [5, 5.41) is 7.51. The summed E-state index contributed by atoms with van der Waals surface area (Å²) >= 11 is 0. The quantitative estimate of drug-likeness (QED) is 0.575. The van der Waals surface area contributed by atoms with Crippen molar-refractivity contribution < 1.29 is 13.5 Å². The monoisotopic (exact) mass is 316 g/mol. The number of ether oxygens (including phenoxy) is 1. The Kier molecular flexibility index (Phi) is 5.97. The van der Waals surface area contributed by atoms with Crippen LogP contribution in [0.3, 0.4) is 0 Å². The van der Waals surface area contributed by atoms with E-state index in [1.165, 1.54) is 18.9 Å². The van der Waals surface area contributed by atoms with Gasteiger partial charge in [-0.2, -0.15) is 10.2 Å². The lowest BCUT2D eigenvalue weighted by Crippen LogP contribution is -1.96. The SMILES string of the molecule is CCCc1ccc(C=NN=Cc2c(F)cc(OC)cc2F)cc1. The Hall–Kier alpha value is -2.56. The molecule has 0 amide bonds. The minimum absolute atomic E-state index is 0.118. The highest BCUT2D eigenvalue weighted by Gasteiger charge is 2.09. The van der Waals surface area contributed by atoms with E-state index in [0.717, 1.165) is 36.8 Å². The molecule has 0 fully saturated rings. The van der Waals surface area contributed by atoms with E-state index in [2.05, 4.69) is 17.1 Å². The molecule has 0 aromatic heterocycles. The van der Waals surface area contributed by atoms with Crippen molar-refractivity contribution in [3.63, 3.8) is 0 Å². The van der Waals surface area contributed by atoms with Crippen LogP contribution in [-0.4, -0.2) is 19.5 Å². The molecular formula is C18H18F2N2O. The third-order valence-corrected chi connectivity index (χ3v) is 3.27. The zero-order chi connectivity index (χ0) is 16.7. The molecule has 23 heavy (non-hydrogen) atoms. The Morgan fingerprint density at radius 1 is 1.00 bits per heavy atom. The molecule has 0 spiro atoms. The van der Waals surface area contributed by atoms with Crippen molar-refractivity contribution in [3.8, 4) is 5.75 Å². The summed E-state index contributed by atoms with van der Waals surface area (Å²) < 4.78 is 32.2. The Bertz CT molecular complexity index is 686. The lowest BCUT2D eigenvalue weighted by molar-refractivity contribution is 0.406. The van der Waals surface area contributed by atoms with Gasteiger partial charge in [-0.05, 0) is 17.5 Å². The maximum atomic E-state index is 13.7. The molecule has 0 aliphatic rings. The van der Waals surface area contributed by atoms with E-state index in [1.54, 1.807) is 0 Å². The summed E-state index contributed by atoms with van der Waals surface area (Å²) in [5.74, 6) is -1.37. The Morgan fingerprint density at radius 3 is 2.17 bits per heavy atom. The number of hydrogen-bond acceptors (Lipinski definition) is 3. The molecule has 3 nitrogen and oxygen atoms in total. The van der Waals surface area contributed by atoms with Crippen LogP contribution in [0.15, 0.2) is 46.6 Å². The Balaban J connectivity index is 2.06. The number of rotatable bonds is 6. The molecule has 0 bridgehead atoms. The minimum atomic E-state index is -0.746. The number of hydrogen-bond donors (Lipinski definition) is 0. The van der Waals surface area contributed by atoms with Gasteiger partial charge in [0, 0.05) is 12.1 Å². The van der Waals surface area contributed by atoms with E-state index in [4.69, 9.17) is 4.74 Å². The van der Waals surface area contributed by atoms with Crippen LogP contribution in [0.1, 0.15) is 30.0 Å². The van der Waals surface area contributed by atoms with Crippen LogP contribution in [0.2, 0.25) is 0 Å². The third kappa shape index (κ3) is 4.71.